The van der Waals surface area contributed by atoms with E-state index in [0.29, 0.717) is 6.04 Å². The van der Waals surface area contributed by atoms with Crippen LogP contribution < -0.4 is 10.2 Å². The van der Waals surface area contributed by atoms with Crippen LogP contribution in [0.15, 0.2) is 18.3 Å². The van der Waals surface area contributed by atoms with Gasteiger partial charge in [-0.15, -0.1) is 0 Å². The van der Waals surface area contributed by atoms with Crippen LogP contribution in [0.5, 0.6) is 0 Å². The van der Waals surface area contributed by atoms with Crippen molar-refractivity contribution in [3.05, 3.63) is 23.9 Å². The van der Waals surface area contributed by atoms with Crippen LogP contribution >= 0.6 is 0 Å². The lowest BCUT2D eigenvalue weighted by Crippen LogP contribution is -2.23. The zero-order valence-corrected chi connectivity index (χ0v) is 10.4. The van der Waals surface area contributed by atoms with Gasteiger partial charge in [0.25, 0.3) is 0 Å². The van der Waals surface area contributed by atoms with Gasteiger partial charge in [0.2, 0.25) is 0 Å². The van der Waals surface area contributed by atoms with Crippen molar-refractivity contribution in [1.29, 1.82) is 0 Å². The number of nitrogens with zero attached hydrogens (tertiary/aromatic N) is 2. The van der Waals surface area contributed by atoms with E-state index >= 15 is 0 Å². The van der Waals surface area contributed by atoms with E-state index in [-0.39, 0.29) is 0 Å². The highest BCUT2D eigenvalue weighted by Gasteiger charge is 2.26. The molecule has 0 radical (unpaired) electrons. The summed E-state index contributed by atoms with van der Waals surface area (Å²) >= 11 is 0. The average molecular weight is 219 g/mol. The lowest BCUT2D eigenvalue weighted by molar-refractivity contribution is 0.588. The summed E-state index contributed by atoms with van der Waals surface area (Å²) in [6.07, 6.45) is 4.53. The summed E-state index contributed by atoms with van der Waals surface area (Å²) in [5, 5.41) is 3.43. The molecule has 1 aromatic heterocycles. The Morgan fingerprint density at radius 3 is 2.88 bits per heavy atom. The van der Waals surface area contributed by atoms with Crippen LogP contribution in [0.25, 0.3) is 0 Å². The molecule has 0 amide bonds. The molecule has 3 nitrogen and oxygen atoms in total. The Balaban J connectivity index is 2.00. The molecule has 3 heteroatoms. The molecule has 88 valence electrons. The fourth-order valence-corrected chi connectivity index (χ4v) is 1.73. The Labute approximate surface area is 97.9 Å². The normalized spacial score (nSPS) is 15.5. The number of anilines is 1. The van der Waals surface area contributed by atoms with Crippen molar-refractivity contribution in [2.45, 2.75) is 45.3 Å². The standard InChI is InChI=1S/C13H21N3/c1-10(2)15-9-11-6-7-14-13(8-11)16(3)12-4-5-12/h6-8,10,12,15H,4-5,9H2,1-3H3. The van der Waals surface area contributed by atoms with E-state index in [0.717, 1.165) is 18.4 Å². The molecule has 16 heavy (non-hydrogen) atoms. The second kappa shape index (κ2) is 4.83. The van der Waals surface area contributed by atoms with Crippen LogP contribution in [0.4, 0.5) is 5.82 Å². The minimum absolute atomic E-state index is 0.526. The van der Waals surface area contributed by atoms with Gasteiger partial charge in [0.15, 0.2) is 0 Å². The fraction of sp³-hybridized carbons (Fsp3) is 0.615. The van der Waals surface area contributed by atoms with E-state index in [9.17, 15) is 0 Å². The van der Waals surface area contributed by atoms with E-state index in [1.807, 2.05) is 6.20 Å². The highest BCUT2D eigenvalue weighted by atomic mass is 15.2. The van der Waals surface area contributed by atoms with Gasteiger partial charge in [-0.25, -0.2) is 4.98 Å². The first-order chi connectivity index (χ1) is 7.66. The predicted molar refractivity (Wildman–Crippen MR) is 67.6 cm³/mol. The van der Waals surface area contributed by atoms with E-state index in [1.165, 1.54) is 18.4 Å². The molecule has 1 saturated carbocycles. The monoisotopic (exact) mass is 219 g/mol. The molecule has 0 unspecified atom stereocenters. The van der Waals surface area contributed by atoms with Gasteiger partial charge in [-0.3, -0.25) is 0 Å². The third-order valence-electron chi connectivity index (χ3n) is 2.98. The van der Waals surface area contributed by atoms with Gasteiger partial charge in [0.1, 0.15) is 5.82 Å². The molecule has 0 bridgehead atoms. The first kappa shape index (κ1) is 11.4. The van der Waals surface area contributed by atoms with Crippen LogP contribution in [0, 0.1) is 0 Å². The summed E-state index contributed by atoms with van der Waals surface area (Å²) < 4.78 is 0. The molecular weight excluding hydrogens is 198 g/mol. The van der Waals surface area contributed by atoms with Gasteiger partial charge in [0, 0.05) is 31.9 Å². The minimum atomic E-state index is 0.526. The lowest BCUT2D eigenvalue weighted by Gasteiger charge is -2.18. The lowest BCUT2D eigenvalue weighted by atomic mass is 10.2. The van der Waals surface area contributed by atoms with Crippen LogP contribution in [-0.2, 0) is 6.54 Å². The molecule has 0 aromatic carbocycles. The fourth-order valence-electron chi connectivity index (χ4n) is 1.73. The van der Waals surface area contributed by atoms with E-state index in [4.69, 9.17) is 0 Å². The SMILES string of the molecule is CC(C)NCc1ccnc(N(C)C2CC2)c1. The number of nitrogens with one attached hydrogen (secondary N) is 1. The summed E-state index contributed by atoms with van der Waals surface area (Å²) in [4.78, 5) is 6.72. The Kier molecular flexibility index (Phi) is 3.44. The summed E-state index contributed by atoms with van der Waals surface area (Å²) in [6.45, 7) is 5.25. The molecule has 0 aliphatic heterocycles. The van der Waals surface area contributed by atoms with Crippen molar-refractivity contribution >= 4 is 5.82 Å². The first-order valence-electron chi connectivity index (χ1n) is 6.08. The Morgan fingerprint density at radius 1 is 1.50 bits per heavy atom. The Hall–Kier alpha value is -1.09. The molecule has 1 aliphatic carbocycles. The maximum Gasteiger partial charge on any atom is 0.128 e. The molecule has 1 aliphatic rings. The van der Waals surface area contributed by atoms with E-state index in [1.54, 1.807) is 0 Å². The summed E-state index contributed by atoms with van der Waals surface area (Å²) in [7, 11) is 2.14. The van der Waals surface area contributed by atoms with Crippen molar-refractivity contribution in [2.75, 3.05) is 11.9 Å². The summed E-state index contributed by atoms with van der Waals surface area (Å²) in [6, 6.07) is 5.52. The third-order valence-corrected chi connectivity index (χ3v) is 2.98. The van der Waals surface area contributed by atoms with Gasteiger partial charge < -0.3 is 10.2 Å². The Morgan fingerprint density at radius 2 is 2.25 bits per heavy atom. The molecule has 0 spiro atoms. The van der Waals surface area contributed by atoms with E-state index < -0.39 is 0 Å². The average Bonchev–Trinajstić information content (AvgIpc) is 3.09. The van der Waals surface area contributed by atoms with Crippen LogP contribution in [0.2, 0.25) is 0 Å². The first-order valence-corrected chi connectivity index (χ1v) is 6.08. The Bertz CT molecular complexity index is 345. The minimum Gasteiger partial charge on any atom is -0.357 e. The largest absolute Gasteiger partial charge is 0.357 e. The smallest absolute Gasteiger partial charge is 0.128 e. The second-order valence-corrected chi connectivity index (χ2v) is 4.90. The highest BCUT2D eigenvalue weighted by molar-refractivity contribution is 5.42. The van der Waals surface area contributed by atoms with Gasteiger partial charge in [-0.1, -0.05) is 13.8 Å². The number of rotatable bonds is 5. The van der Waals surface area contributed by atoms with Crippen LogP contribution in [0.3, 0.4) is 0 Å². The zero-order chi connectivity index (χ0) is 11.5. The molecule has 0 saturated heterocycles. The number of pyridine rings is 1. The quantitative estimate of drug-likeness (QED) is 0.822. The predicted octanol–water partition coefficient (Wildman–Crippen LogP) is 2.18. The van der Waals surface area contributed by atoms with Gasteiger partial charge >= 0.3 is 0 Å². The second-order valence-electron chi connectivity index (χ2n) is 4.90. The van der Waals surface area contributed by atoms with Gasteiger partial charge in [0.05, 0.1) is 0 Å². The third kappa shape index (κ3) is 2.95. The molecule has 1 fully saturated rings. The van der Waals surface area contributed by atoms with Crippen molar-refractivity contribution < 1.29 is 0 Å². The topological polar surface area (TPSA) is 28.2 Å². The molecule has 1 N–H and O–H groups in total. The summed E-state index contributed by atoms with van der Waals surface area (Å²) in [5.41, 5.74) is 1.31. The number of hydrogen-bond donors (Lipinski definition) is 1. The van der Waals surface area contributed by atoms with E-state index in [2.05, 4.69) is 48.2 Å². The summed E-state index contributed by atoms with van der Waals surface area (Å²) in [5.74, 6) is 1.10. The number of hydrogen-bond acceptors (Lipinski definition) is 3. The number of aromatic nitrogens is 1. The van der Waals surface area contributed by atoms with Crippen LogP contribution in [0.1, 0.15) is 32.3 Å². The van der Waals surface area contributed by atoms with Gasteiger partial charge in [-0.05, 0) is 30.5 Å². The molecule has 2 rings (SSSR count). The maximum atomic E-state index is 4.43. The molecule has 1 heterocycles. The van der Waals surface area contributed by atoms with Crippen LogP contribution in [-0.4, -0.2) is 24.1 Å². The highest BCUT2D eigenvalue weighted by Crippen LogP contribution is 2.29. The molecule has 1 aromatic rings. The molecular formula is C13H21N3. The molecule has 0 atom stereocenters. The van der Waals surface area contributed by atoms with Gasteiger partial charge in [-0.2, -0.15) is 0 Å². The van der Waals surface area contributed by atoms with Crippen molar-refractivity contribution in [3.63, 3.8) is 0 Å². The van der Waals surface area contributed by atoms with Crippen molar-refractivity contribution in [3.8, 4) is 0 Å². The van der Waals surface area contributed by atoms with Crippen molar-refractivity contribution in [2.24, 2.45) is 0 Å². The zero-order valence-electron chi connectivity index (χ0n) is 10.4. The van der Waals surface area contributed by atoms with Crippen molar-refractivity contribution in [1.82, 2.24) is 10.3 Å². The maximum absolute atomic E-state index is 4.43.